The second-order valence-corrected chi connectivity index (χ2v) is 6.77. The molecule has 0 fully saturated rings. The van der Waals surface area contributed by atoms with Crippen LogP contribution in [0.1, 0.15) is 27.9 Å². The molecule has 0 saturated carbocycles. The average molecular weight is 417 g/mol. The molecule has 1 atom stereocenters. The average Bonchev–Trinajstić information content (AvgIpc) is 3.20. The monoisotopic (exact) mass is 417 g/mol. The van der Waals surface area contributed by atoms with Crippen LogP contribution in [0.3, 0.4) is 0 Å². The molecule has 0 saturated heterocycles. The van der Waals surface area contributed by atoms with E-state index in [1.165, 1.54) is 29.1 Å². The van der Waals surface area contributed by atoms with Crippen molar-refractivity contribution in [1.29, 1.82) is 0 Å². The Hall–Kier alpha value is -4.14. The van der Waals surface area contributed by atoms with Crippen molar-refractivity contribution in [2.45, 2.75) is 19.4 Å². The largest absolute Gasteiger partial charge is 0.358 e. The number of hydrogen-bond donors (Lipinski definition) is 2. The van der Waals surface area contributed by atoms with Gasteiger partial charge in [0.15, 0.2) is 11.5 Å². The highest BCUT2D eigenvalue weighted by Crippen LogP contribution is 2.26. The van der Waals surface area contributed by atoms with Gasteiger partial charge in [-0.05, 0) is 30.7 Å². The van der Waals surface area contributed by atoms with Crippen LogP contribution in [0, 0.1) is 5.82 Å². The first-order chi connectivity index (χ1) is 15.9. The number of anilines is 1. The Morgan fingerprint density at radius 2 is 2.03 bits per heavy atom. The number of hydrogen-bond acceptors (Lipinski definition) is 6. The van der Waals surface area contributed by atoms with E-state index in [0.29, 0.717) is 11.3 Å². The van der Waals surface area contributed by atoms with Crippen molar-refractivity contribution >= 4 is 27.9 Å². The van der Waals surface area contributed by atoms with E-state index in [1.807, 2.05) is 0 Å². The third kappa shape index (κ3) is 3.20. The Morgan fingerprint density at radius 1 is 1.19 bits per heavy atom. The van der Waals surface area contributed by atoms with Crippen LogP contribution >= 0.6 is 0 Å². The van der Waals surface area contributed by atoms with Crippen molar-refractivity contribution in [2.75, 3.05) is 5.32 Å². The van der Waals surface area contributed by atoms with Gasteiger partial charge >= 0.3 is 0 Å². The van der Waals surface area contributed by atoms with Crippen molar-refractivity contribution in [3.05, 3.63) is 83.2 Å². The molecular weight excluding hydrogens is 397 g/mol. The summed E-state index contributed by atoms with van der Waals surface area (Å²) in [7, 11) is 0. The summed E-state index contributed by atoms with van der Waals surface area (Å²) in [6.07, 6.45) is 1.36. The summed E-state index contributed by atoms with van der Waals surface area (Å²) in [5.41, 5.74) is 0.600. The summed E-state index contributed by atoms with van der Waals surface area (Å²) in [6.45, 7) is 1.76. The Balaban J connectivity index is 1.79. The summed E-state index contributed by atoms with van der Waals surface area (Å²) < 4.78 is 32.9. The molecule has 0 amide bonds. The van der Waals surface area contributed by atoms with Gasteiger partial charge in [0.2, 0.25) is 0 Å². The van der Waals surface area contributed by atoms with Crippen LogP contribution in [0.4, 0.5) is 10.2 Å². The second-order valence-electron chi connectivity index (χ2n) is 6.77. The van der Waals surface area contributed by atoms with Gasteiger partial charge in [-0.15, -0.1) is 0 Å². The van der Waals surface area contributed by atoms with Crippen LogP contribution in [0.15, 0.2) is 66.0 Å². The second kappa shape index (κ2) is 7.60. The van der Waals surface area contributed by atoms with E-state index in [4.69, 9.17) is 1.37 Å². The number of H-pyrrole nitrogens is 1. The quantitative estimate of drug-likeness (QED) is 0.452. The van der Waals surface area contributed by atoms with Crippen molar-refractivity contribution in [3.8, 4) is 5.69 Å². The normalized spacial score (nSPS) is 14.3. The maximum atomic E-state index is 14.6. The van der Waals surface area contributed by atoms with Crippen LogP contribution in [-0.2, 0) is 0 Å². The Bertz CT molecular complexity index is 1550. The van der Waals surface area contributed by atoms with E-state index in [1.54, 1.807) is 37.3 Å². The highest BCUT2D eigenvalue weighted by molar-refractivity contribution is 5.82. The topological polar surface area (TPSA) is 101 Å². The molecule has 0 aliphatic rings. The van der Waals surface area contributed by atoms with Gasteiger partial charge in [0.25, 0.3) is 5.56 Å². The Labute approximate surface area is 178 Å². The minimum atomic E-state index is -1.65. The lowest BCUT2D eigenvalue weighted by molar-refractivity contribution is 0.630. The smallest absolute Gasteiger partial charge is 0.269 e. The first-order valence-corrected chi connectivity index (χ1v) is 9.64. The molecule has 8 nitrogen and oxygen atoms in total. The molecule has 0 bridgehead atoms. The molecule has 2 aromatic carbocycles. The maximum absolute atomic E-state index is 14.6. The van der Waals surface area contributed by atoms with Gasteiger partial charge in [-0.2, -0.15) is 0 Å². The van der Waals surface area contributed by atoms with E-state index in [9.17, 15) is 10.6 Å². The number of imidazole rings is 1. The number of nitrogens with one attached hydrogen (secondary N) is 2. The third-order valence-corrected chi connectivity index (χ3v) is 4.92. The molecule has 0 aliphatic heterocycles. The lowest BCUT2D eigenvalue weighted by atomic mass is 10.1. The fraction of sp³-hybridized carbons (Fsp3) is 0.136. The first kappa shape index (κ1) is 16.6. The van der Waals surface area contributed by atoms with Crippen LogP contribution in [0.5, 0.6) is 0 Å². The molecule has 9 heteroatoms. The van der Waals surface area contributed by atoms with Crippen molar-refractivity contribution in [2.24, 2.45) is 0 Å². The van der Waals surface area contributed by atoms with Crippen LogP contribution in [0.2, 0.25) is 0 Å². The first-order valence-electron chi connectivity index (χ1n) is 10.6. The molecule has 0 spiro atoms. The Kier molecular flexibility index (Phi) is 4.08. The van der Waals surface area contributed by atoms with E-state index >= 15 is 0 Å². The molecule has 0 unspecified atom stereocenters. The van der Waals surface area contributed by atoms with Crippen LogP contribution < -0.4 is 10.9 Å². The van der Waals surface area contributed by atoms with Crippen LogP contribution in [0.25, 0.3) is 27.8 Å². The van der Waals surface area contributed by atoms with Gasteiger partial charge in [-0.1, -0.05) is 31.2 Å². The summed E-state index contributed by atoms with van der Waals surface area (Å²) in [5.74, 6) is -0.411. The molecule has 3 heterocycles. The van der Waals surface area contributed by atoms with Gasteiger partial charge < -0.3 is 10.3 Å². The number of benzene rings is 2. The van der Waals surface area contributed by atoms with Gasteiger partial charge in [-0.25, -0.2) is 24.3 Å². The summed E-state index contributed by atoms with van der Waals surface area (Å²) in [4.78, 5) is 33.1. The zero-order valence-corrected chi connectivity index (χ0v) is 16.4. The number of halogens is 1. The van der Waals surface area contributed by atoms with E-state index < -0.39 is 17.4 Å². The summed E-state index contributed by atoms with van der Waals surface area (Å²) >= 11 is 0. The minimum Gasteiger partial charge on any atom is -0.358 e. The van der Waals surface area contributed by atoms with Gasteiger partial charge in [-0.3, -0.25) is 9.36 Å². The summed E-state index contributed by atoms with van der Waals surface area (Å²) in [5, 5.41) is 2.87. The zero-order chi connectivity index (χ0) is 23.2. The zero-order valence-electron chi connectivity index (χ0n) is 18.4. The van der Waals surface area contributed by atoms with E-state index in [0.717, 1.165) is 0 Å². The van der Waals surface area contributed by atoms with Gasteiger partial charge in [0, 0.05) is 0 Å². The molecule has 5 rings (SSSR count). The van der Waals surface area contributed by atoms with Crippen molar-refractivity contribution in [3.63, 3.8) is 0 Å². The van der Waals surface area contributed by atoms with Crippen LogP contribution in [-0.4, -0.2) is 29.5 Å². The fourth-order valence-electron chi connectivity index (χ4n) is 3.46. The highest BCUT2D eigenvalue weighted by atomic mass is 19.1. The molecule has 5 aromatic rings. The standard InChI is InChI=1S/C22H18FN7O/c1-2-15(28-20-18-19(25-11-24-18)26-12-27-20)21-29-16-10-6-9-14(23)17(16)22(31)30(21)13-7-4-3-5-8-13/h3-12,15H,2H2,1H3,(H2,24,25,26,27,28)/t15-/m0/s1/i11D,15D. The molecule has 154 valence electrons. The number of fused-ring (bicyclic) bond motifs is 2. The Morgan fingerprint density at radius 3 is 2.84 bits per heavy atom. The van der Waals surface area contributed by atoms with Gasteiger partial charge in [0.1, 0.15) is 30.2 Å². The molecule has 0 aliphatic carbocycles. The third-order valence-electron chi connectivity index (χ3n) is 4.92. The molecule has 31 heavy (non-hydrogen) atoms. The SMILES string of the molecule is [2H]c1nc2c(N[C@@]([2H])(CC)c3nc4cccc(F)c4c(=O)n3-c3ccccc3)ncnc2[nH]1. The minimum absolute atomic E-state index is 0.0627. The molecular formula is C22H18FN7O. The van der Waals surface area contributed by atoms with E-state index in [-0.39, 0.29) is 40.8 Å². The number of nitrogens with zero attached hydrogens (tertiary/aromatic N) is 5. The highest BCUT2D eigenvalue weighted by Gasteiger charge is 2.22. The lowest BCUT2D eigenvalue weighted by Crippen LogP contribution is -2.28. The number of aromatic amines is 1. The predicted octanol–water partition coefficient (Wildman–Crippen LogP) is 3.75. The van der Waals surface area contributed by atoms with Crippen molar-refractivity contribution in [1.82, 2.24) is 29.5 Å². The number of para-hydroxylation sites is 1. The molecule has 3 aromatic heterocycles. The number of aromatic nitrogens is 6. The maximum Gasteiger partial charge on any atom is 0.269 e. The van der Waals surface area contributed by atoms with E-state index in [2.05, 4.69) is 30.2 Å². The van der Waals surface area contributed by atoms with Gasteiger partial charge in [0.05, 0.1) is 24.9 Å². The molecule has 2 N–H and O–H groups in total. The number of rotatable bonds is 5. The molecule has 0 radical (unpaired) electrons. The summed E-state index contributed by atoms with van der Waals surface area (Å²) in [6, 6.07) is 11.2. The lowest BCUT2D eigenvalue weighted by Gasteiger charge is -2.22. The predicted molar refractivity (Wildman–Crippen MR) is 116 cm³/mol. The van der Waals surface area contributed by atoms with Crippen molar-refractivity contribution < 1.29 is 7.13 Å². The fourth-order valence-corrected chi connectivity index (χ4v) is 3.46.